The van der Waals surface area contributed by atoms with Crippen molar-refractivity contribution in [2.75, 3.05) is 20.3 Å². The lowest BCUT2D eigenvalue weighted by Gasteiger charge is -2.46. The summed E-state index contributed by atoms with van der Waals surface area (Å²) in [5.41, 5.74) is 1.58. The molecule has 2 saturated heterocycles. The number of esters is 1. The number of rotatable bonds is 2. The third kappa shape index (κ3) is 4.88. The van der Waals surface area contributed by atoms with Crippen LogP contribution in [0.15, 0.2) is 30.5 Å². The van der Waals surface area contributed by atoms with Crippen LogP contribution in [0.1, 0.15) is 23.2 Å². The number of hydrogen-bond acceptors (Lipinski definition) is 5. The molecule has 3 heterocycles. The minimum Gasteiger partial charge on any atom is -0.475 e. The fourth-order valence-electron chi connectivity index (χ4n) is 3.60. The lowest BCUT2D eigenvalue weighted by Crippen LogP contribution is -2.56. The van der Waals surface area contributed by atoms with E-state index in [1.807, 2.05) is 24.3 Å². The Morgan fingerprint density at radius 2 is 1.79 bits per heavy atom. The van der Waals surface area contributed by atoms with Gasteiger partial charge in [-0.15, -0.1) is 0 Å². The van der Waals surface area contributed by atoms with E-state index in [-0.39, 0.29) is 12.1 Å². The van der Waals surface area contributed by atoms with Crippen LogP contribution < -0.4 is 0 Å². The van der Waals surface area contributed by atoms with E-state index >= 15 is 0 Å². The van der Waals surface area contributed by atoms with Gasteiger partial charge in [0.05, 0.1) is 18.8 Å². The highest BCUT2D eigenvalue weighted by molar-refractivity contribution is 6.04. The number of likely N-dealkylation sites (N-methyl/N-ethyl adjacent to an activating group) is 1. The second-order valence-electron chi connectivity index (χ2n) is 7.06. The molecule has 0 aliphatic carbocycles. The molecular weight excluding hydrogens is 393 g/mol. The van der Waals surface area contributed by atoms with Gasteiger partial charge in [0, 0.05) is 42.0 Å². The van der Waals surface area contributed by atoms with Crippen LogP contribution in [-0.4, -0.2) is 71.6 Å². The number of aromatic amines is 1. The van der Waals surface area contributed by atoms with Crippen molar-refractivity contribution in [1.29, 1.82) is 0 Å². The number of halogens is 3. The number of carbonyl (C=O) groups excluding carboxylic acids is 1. The summed E-state index contributed by atoms with van der Waals surface area (Å²) in [7, 11) is 2.13. The minimum absolute atomic E-state index is 0.0173. The van der Waals surface area contributed by atoms with E-state index in [0.717, 1.165) is 37.0 Å². The molecule has 0 saturated carbocycles. The van der Waals surface area contributed by atoms with Gasteiger partial charge in [0.2, 0.25) is 0 Å². The number of fused-ring (bicyclic) bond motifs is 3. The van der Waals surface area contributed by atoms with Crippen molar-refractivity contribution in [3.8, 4) is 0 Å². The zero-order valence-electron chi connectivity index (χ0n) is 15.6. The topological polar surface area (TPSA) is 91.9 Å². The van der Waals surface area contributed by atoms with Gasteiger partial charge < -0.3 is 19.6 Å². The molecule has 2 unspecified atom stereocenters. The Balaban J connectivity index is 0.000000298. The van der Waals surface area contributed by atoms with Crippen molar-refractivity contribution < 1.29 is 37.3 Å². The lowest BCUT2D eigenvalue weighted by atomic mass is 9.92. The maximum absolute atomic E-state index is 12.5. The van der Waals surface area contributed by atoms with E-state index in [1.54, 1.807) is 6.20 Å². The number of nitrogens with zero attached hydrogens (tertiary/aromatic N) is 1. The highest BCUT2D eigenvalue weighted by atomic mass is 19.4. The van der Waals surface area contributed by atoms with E-state index in [4.69, 9.17) is 19.4 Å². The zero-order chi connectivity index (χ0) is 21.2. The first-order valence-electron chi connectivity index (χ1n) is 9.03. The molecule has 0 spiro atoms. The van der Waals surface area contributed by atoms with Gasteiger partial charge in [-0.3, -0.25) is 4.90 Å². The van der Waals surface area contributed by atoms with Gasteiger partial charge in [0.15, 0.2) is 0 Å². The van der Waals surface area contributed by atoms with Gasteiger partial charge in [0.25, 0.3) is 0 Å². The van der Waals surface area contributed by atoms with Gasteiger partial charge >= 0.3 is 18.1 Å². The van der Waals surface area contributed by atoms with Crippen LogP contribution in [0.25, 0.3) is 10.9 Å². The number of nitrogens with one attached hydrogen (secondary N) is 1. The summed E-state index contributed by atoms with van der Waals surface area (Å²) >= 11 is 0. The SMILES string of the molecule is CN1C2COCC1CC(OC(=O)c1c[nH]c3ccccc13)C2.O=C(O)C(F)(F)F. The van der Waals surface area contributed by atoms with Crippen molar-refractivity contribution in [2.45, 2.75) is 37.2 Å². The van der Waals surface area contributed by atoms with Crippen molar-refractivity contribution in [2.24, 2.45) is 0 Å². The Kier molecular flexibility index (Phi) is 6.13. The van der Waals surface area contributed by atoms with Crippen molar-refractivity contribution in [3.05, 3.63) is 36.0 Å². The summed E-state index contributed by atoms with van der Waals surface area (Å²) in [5.74, 6) is -2.99. The van der Waals surface area contributed by atoms with Crippen molar-refractivity contribution in [1.82, 2.24) is 9.88 Å². The average Bonchev–Trinajstić information content (AvgIpc) is 3.06. The molecule has 2 atom stereocenters. The van der Waals surface area contributed by atoms with Crippen LogP contribution in [0.4, 0.5) is 13.2 Å². The van der Waals surface area contributed by atoms with Gasteiger partial charge in [-0.1, -0.05) is 18.2 Å². The van der Waals surface area contributed by atoms with Gasteiger partial charge in [-0.05, 0) is 13.1 Å². The number of H-pyrrole nitrogens is 1. The third-order valence-corrected chi connectivity index (χ3v) is 5.17. The summed E-state index contributed by atoms with van der Waals surface area (Å²) < 4.78 is 43.1. The molecule has 1 aromatic carbocycles. The summed E-state index contributed by atoms with van der Waals surface area (Å²) in [4.78, 5) is 26.9. The molecular formula is C19H21F3N2O5. The van der Waals surface area contributed by atoms with E-state index in [9.17, 15) is 18.0 Å². The first-order chi connectivity index (χ1) is 13.7. The van der Waals surface area contributed by atoms with Crippen LogP contribution in [0.2, 0.25) is 0 Å². The van der Waals surface area contributed by atoms with Crippen LogP contribution >= 0.6 is 0 Å². The number of aliphatic carboxylic acids is 1. The highest BCUT2D eigenvalue weighted by Gasteiger charge is 2.39. The minimum atomic E-state index is -5.08. The number of carbonyl (C=O) groups is 2. The van der Waals surface area contributed by atoms with Gasteiger partial charge in [-0.2, -0.15) is 13.2 Å². The largest absolute Gasteiger partial charge is 0.490 e. The first kappa shape index (κ1) is 21.1. The van der Waals surface area contributed by atoms with E-state index in [2.05, 4.69) is 16.9 Å². The molecule has 0 amide bonds. The second kappa shape index (κ2) is 8.42. The number of benzene rings is 1. The highest BCUT2D eigenvalue weighted by Crippen LogP contribution is 2.29. The van der Waals surface area contributed by atoms with E-state index in [1.165, 1.54) is 0 Å². The number of carboxylic acid groups (broad SMARTS) is 1. The summed E-state index contributed by atoms with van der Waals surface area (Å²) in [5, 5.41) is 8.05. The second-order valence-corrected chi connectivity index (χ2v) is 7.06. The molecule has 2 N–H and O–H groups in total. The monoisotopic (exact) mass is 414 g/mol. The smallest absolute Gasteiger partial charge is 0.475 e. The fourth-order valence-corrected chi connectivity index (χ4v) is 3.60. The number of carboxylic acids is 1. The number of piperidine rings is 1. The molecule has 7 nitrogen and oxygen atoms in total. The molecule has 1 aromatic heterocycles. The summed E-state index contributed by atoms with van der Waals surface area (Å²) in [6.07, 6.45) is -1.66. The Morgan fingerprint density at radius 3 is 2.38 bits per heavy atom. The van der Waals surface area contributed by atoms with Gasteiger partial charge in [-0.25, -0.2) is 9.59 Å². The Bertz CT molecular complexity index is 868. The maximum Gasteiger partial charge on any atom is 0.490 e. The van der Waals surface area contributed by atoms with Crippen molar-refractivity contribution >= 4 is 22.8 Å². The summed E-state index contributed by atoms with van der Waals surface area (Å²) in [6, 6.07) is 8.50. The Labute approximate surface area is 164 Å². The zero-order valence-corrected chi connectivity index (χ0v) is 15.6. The average molecular weight is 414 g/mol. The molecule has 10 heteroatoms. The number of morpholine rings is 1. The predicted molar refractivity (Wildman–Crippen MR) is 96.6 cm³/mol. The molecule has 2 fully saturated rings. The van der Waals surface area contributed by atoms with Gasteiger partial charge in [0.1, 0.15) is 6.10 Å². The normalized spacial score (nSPS) is 24.5. The summed E-state index contributed by atoms with van der Waals surface area (Å²) in [6.45, 7) is 1.46. The van der Waals surface area contributed by atoms with Crippen LogP contribution in [-0.2, 0) is 14.3 Å². The Hall–Kier alpha value is -2.59. The molecule has 2 bridgehead atoms. The molecule has 2 aliphatic heterocycles. The van der Waals surface area contributed by atoms with Crippen LogP contribution in [0, 0.1) is 0 Å². The molecule has 2 aliphatic rings. The molecule has 4 rings (SSSR count). The van der Waals surface area contributed by atoms with E-state index < -0.39 is 12.1 Å². The fraction of sp³-hybridized carbons (Fsp3) is 0.474. The number of hydrogen-bond donors (Lipinski definition) is 2. The number of alkyl halides is 3. The van der Waals surface area contributed by atoms with Crippen LogP contribution in [0.3, 0.4) is 0 Å². The van der Waals surface area contributed by atoms with Crippen molar-refractivity contribution in [3.63, 3.8) is 0 Å². The quantitative estimate of drug-likeness (QED) is 0.735. The lowest BCUT2D eigenvalue weighted by molar-refractivity contribution is -0.192. The maximum atomic E-state index is 12.5. The predicted octanol–water partition coefficient (Wildman–Crippen LogP) is 2.82. The third-order valence-electron chi connectivity index (χ3n) is 5.17. The standard InChI is InChI=1S/C17H20N2O3.C2HF3O2/c1-19-11-6-13(7-12(19)10-21-9-11)22-17(20)15-8-18-16-5-3-2-4-14(15)16;3-2(4,5)1(6)7/h2-5,8,11-13,18H,6-7,9-10H2,1H3;(H,6,7). The van der Waals surface area contributed by atoms with Crippen LogP contribution in [0.5, 0.6) is 0 Å². The molecule has 2 aromatic rings. The molecule has 158 valence electrons. The number of ether oxygens (including phenoxy) is 2. The molecule has 29 heavy (non-hydrogen) atoms. The number of aromatic nitrogens is 1. The van der Waals surface area contributed by atoms with E-state index in [0.29, 0.717) is 17.6 Å². The number of para-hydroxylation sites is 1. The first-order valence-corrected chi connectivity index (χ1v) is 9.03. The molecule has 0 radical (unpaired) electrons. The Morgan fingerprint density at radius 1 is 1.21 bits per heavy atom.